The highest BCUT2D eigenvalue weighted by Crippen LogP contribution is 2.22. The highest BCUT2D eigenvalue weighted by atomic mass is 16.2. The minimum atomic E-state index is -0.169. The third-order valence-electron chi connectivity index (χ3n) is 3.30. The van der Waals surface area contributed by atoms with E-state index in [4.69, 9.17) is 0 Å². The predicted molar refractivity (Wildman–Crippen MR) is 74.0 cm³/mol. The molecule has 102 valence electrons. The fourth-order valence-corrected chi connectivity index (χ4v) is 2.45. The average Bonchev–Trinajstić information content (AvgIpc) is 2.65. The molecule has 0 radical (unpaired) electrons. The van der Waals surface area contributed by atoms with Crippen molar-refractivity contribution in [1.82, 2.24) is 9.80 Å². The van der Waals surface area contributed by atoms with Crippen molar-refractivity contribution in [3.8, 4) is 0 Å². The second-order valence-electron chi connectivity index (χ2n) is 4.84. The van der Waals surface area contributed by atoms with Gasteiger partial charge in [-0.15, -0.1) is 0 Å². The van der Waals surface area contributed by atoms with Crippen molar-refractivity contribution in [2.45, 2.75) is 26.7 Å². The number of benzene rings is 1. The molecule has 1 aromatic rings. The van der Waals surface area contributed by atoms with E-state index in [-0.39, 0.29) is 11.8 Å². The number of rotatable bonds is 6. The van der Waals surface area contributed by atoms with E-state index in [0.29, 0.717) is 17.8 Å². The van der Waals surface area contributed by atoms with Gasteiger partial charge in [-0.25, -0.2) is 0 Å². The molecule has 0 N–H and O–H groups in total. The number of carbonyl (C=O) groups is 2. The molecule has 0 saturated carbocycles. The molecule has 19 heavy (non-hydrogen) atoms. The molecular formula is C15H20N2O2. The van der Waals surface area contributed by atoms with Crippen LogP contribution in [0.15, 0.2) is 24.3 Å². The molecule has 1 aliphatic rings. The lowest BCUT2D eigenvalue weighted by Crippen LogP contribution is -2.41. The summed E-state index contributed by atoms with van der Waals surface area (Å²) in [4.78, 5) is 28.0. The Hall–Kier alpha value is -1.68. The van der Waals surface area contributed by atoms with Gasteiger partial charge in [0.05, 0.1) is 17.8 Å². The summed E-state index contributed by atoms with van der Waals surface area (Å²) in [7, 11) is 0. The number of imide groups is 1. The molecule has 0 atom stereocenters. The van der Waals surface area contributed by atoms with Crippen LogP contribution < -0.4 is 0 Å². The van der Waals surface area contributed by atoms with Gasteiger partial charge in [-0.3, -0.25) is 19.4 Å². The van der Waals surface area contributed by atoms with Gasteiger partial charge in [-0.05, 0) is 38.1 Å². The summed E-state index contributed by atoms with van der Waals surface area (Å²) in [6.07, 6.45) is 2.03. The molecule has 2 rings (SSSR count). The Labute approximate surface area is 114 Å². The Bertz CT molecular complexity index is 444. The fraction of sp³-hybridized carbons (Fsp3) is 0.467. The molecule has 0 aromatic heterocycles. The monoisotopic (exact) mass is 260 g/mol. The molecule has 0 spiro atoms. The first-order valence-corrected chi connectivity index (χ1v) is 6.86. The summed E-state index contributed by atoms with van der Waals surface area (Å²) < 4.78 is 0. The van der Waals surface area contributed by atoms with Gasteiger partial charge in [0.25, 0.3) is 11.8 Å². The van der Waals surface area contributed by atoms with Crippen LogP contribution in [0.2, 0.25) is 0 Å². The molecule has 1 aliphatic heterocycles. The Morgan fingerprint density at radius 2 is 1.42 bits per heavy atom. The molecule has 0 fully saturated rings. The van der Waals surface area contributed by atoms with E-state index in [9.17, 15) is 9.59 Å². The molecule has 4 nitrogen and oxygen atoms in total. The molecular weight excluding hydrogens is 240 g/mol. The van der Waals surface area contributed by atoms with E-state index in [0.717, 1.165) is 25.9 Å². The predicted octanol–water partition coefficient (Wildman–Crippen LogP) is 2.36. The Morgan fingerprint density at radius 3 is 1.84 bits per heavy atom. The van der Waals surface area contributed by atoms with Gasteiger partial charge in [0, 0.05) is 0 Å². The number of hydrogen-bond donors (Lipinski definition) is 0. The van der Waals surface area contributed by atoms with Crippen LogP contribution in [0.25, 0.3) is 0 Å². The van der Waals surface area contributed by atoms with Crippen LogP contribution in [0, 0.1) is 0 Å². The van der Waals surface area contributed by atoms with Crippen molar-refractivity contribution in [1.29, 1.82) is 0 Å². The van der Waals surface area contributed by atoms with E-state index in [1.165, 1.54) is 4.90 Å². The standard InChI is InChI=1S/C15H20N2O2/c1-3-9-16(10-4-2)11-17-14(18)12-7-5-6-8-13(12)15(17)19/h5-8H,3-4,9-11H2,1-2H3. The van der Waals surface area contributed by atoms with Gasteiger partial charge in [-0.1, -0.05) is 26.0 Å². The van der Waals surface area contributed by atoms with Crippen LogP contribution in [0.4, 0.5) is 0 Å². The largest absolute Gasteiger partial charge is 0.286 e. The van der Waals surface area contributed by atoms with Crippen LogP contribution in [0.3, 0.4) is 0 Å². The third-order valence-corrected chi connectivity index (χ3v) is 3.30. The van der Waals surface area contributed by atoms with Crippen LogP contribution in [-0.2, 0) is 0 Å². The SMILES string of the molecule is CCCN(CCC)CN1C(=O)c2ccccc2C1=O. The smallest absolute Gasteiger partial charge is 0.262 e. The zero-order valence-electron chi connectivity index (χ0n) is 11.6. The summed E-state index contributed by atoms with van der Waals surface area (Å²) >= 11 is 0. The number of fused-ring (bicyclic) bond motifs is 1. The van der Waals surface area contributed by atoms with E-state index in [1.54, 1.807) is 24.3 Å². The summed E-state index contributed by atoms with van der Waals surface area (Å²) in [5.74, 6) is -0.337. The topological polar surface area (TPSA) is 40.6 Å². The maximum absolute atomic E-state index is 12.2. The number of amides is 2. The third kappa shape index (κ3) is 2.68. The van der Waals surface area contributed by atoms with E-state index in [1.807, 2.05) is 0 Å². The van der Waals surface area contributed by atoms with Crippen molar-refractivity contribution >= 4 is 11.8 Å². The van der Waals surface area contributed by atoms with Gasteiger partial charge in [0.15, 0.2) is 0 Å². The van der Waals surface area contributed by atoms with Crippen molar-refractivity contribution in [3.05, 3.63) is 35.4 Å². The molecule has 1 aromatic carbocycles. The molecule has 0 unspecified atom stereocenters. The van der Waals surface area contributed by atoms with Crippen LogP contribution in [-0.4, -0.2) is 41.4 Å². The minimum absolute atomic E-state index is 0.169. The Kier molecular flexibility index (Phi) is 4.32. The molecule has 4 heteroatoms. The first kappa shape index (κ1) is 13.7. The van der Waals surface area contributed by atoms with Gasteiger partial charge in [0.2, 0.25) is 0 Å². The second kappa shape index (κ2) is 5.97. The highest BCUT2D eigenvalue weighted by molar-refractivity contribution is 6.21. The van der Waals surface area contributed by atoms with Gasteiger partial charge < -0.3 is 0 Å². The van der Waals surface area contributed by atoms with Crippen molar-refractivity contribution < 1.29 is 9.59 Å². The lowest BCUT2D eigenvalue weighted by atomic mass is 10.1. The van der Waals surface area contributed by atoms with E-state index < -0.39 is 0 Å². The molecule has 2 amide bonds. The van der Waals surface area contributed by atoms with Gasteiger partial charge in [0.1, 0.15) is 0 Å². The molecule has 0 saturated heterocycles. The lowest BCUT2D eigenvalue weighted by molar-refractivity contribution is 0.0540. The average molecular weight is 260 g/mol. The Balaban J connectivity index is 2.15. The Morgan fingerprint density at radius 1 is 0.947 bits per heavy atom. The quantitative estimate of drug-likeness (QED) is 0.737. The normalized spacial score (nSPS) is 14.4. The van der Waals surface area contributed by atoms with Crippen molar-refractivity contribution in [2.24, 2.45) is 0 Å². The van der Waals surface area contributed by atoms with E-state index in [2.05, 4.69) is 18.7 Å². The summed E-state index contributed by atoms with van der Waals surface area (Å²) in [6, 6.07) is 7.03. The van der Waals surface area contributed by atoms with Crippen LogP contribution in [0.5, 0.6) is 0 Å². The number of carbonyl (C=O) groups excluding carboxylic acids is 2. The molecule has 0 bridgehead atoms. The minimum Gasteiger partial charge on any atom is -0.286 e. The van der Waals surface area contributed by atoms with Crippen molar-refractivity contribution in [2.75, 3.05) is 19.8 Å². The fourth-order valence-electron chi connectivity index (χ4n) is 2.45. The summed E-state index contributed by atoms with van der Waals surface area (Å²) in [5, 5.41) is 0. The second-order valence-corrected chi connectivity index (χ2v) is 4.84. The highest BCUT2D eigenvalue weighted by Gasteiger charge is 2.35. The molecule has 1 heterocycles. The van der Waals surface area contributed by atoms with E-state index >= 15 is 0 Å². The maximum Gasteiger partial charge on any atom is 0.262 e. The van der Waals surface area contributed by atoms with Gasteiger partial charge in [-0.2, -0.15) is 0 Å². The zero-order valence-corrected chi connectivity index (χ0v) is 11.6. The first-order chi connectivity index (χ1) is 9.19. The van der Waals surface area contributed by atoms with Gasteiger partial charge >= 0.3 is 0 Å². The zero-order chi connectivity index (χ0) is 13.8. The number of nitrogens with zero attached hydrogens (tertiary/aromatic N) is 2. The number of hydrogen-bond acceptors (Lipinski definition) is 3. The summed E-state index contributed by atoms with van der Waals surface area (Å²) in [6.45, 7) is 6.41. The summed E-state index contributed by atoms with van der Waals surface area (Å²) in [5.41, 5.74) is 1.06. The van der Waals surface area contributed by atoms with Crippen LogP contribution >= 0.6 is 0 Å². The first-order valence-electron chi connectivity index (χ1n) is 6.86. The maximum atomic E-state index is 12.2. The lowest BCUT2D eigenvalue weighted by Gasteiger charge is -2.25. The van der Waals surface area contributed by atoms with Crippen LogP contribution in [0.1, 0.15) is 47.4 Å². The van der Waals surface area contributed by atoms with Crippen molar-refractivity contribution in [3.63, 3.8) is 0 Å². The molecule has 0 aliphatic carbocycles.